The van der Waals surface area contributed by atoms with Gasteiger partial charge in [0.1, 0.15) is 6.04 Å². The van der Waals surface area contributed by atoms with Gasteiger partial charge in [0.2, 0.25) is 0 Å². The Morgan fingerprint density at radius 1 is 0.528 bits per heavy atom. The predicted molar refractivity (Wildman–Crippen MR) is 152 cm³/mol. The number of hydrogen-bond acceptors (Lipinski definition) is 1. The average Bonchev–Trinajstić information content (AvgIpc) is 2.96. The van der Waals surface area contributed by atoms with Crippen molar-refractivity contribution in [1.82, 2.24) is 0 Å². The van der Waals surface area contributed by atoms with Gasteiger partial charge in [-0.2, -0.15) is 0 Å². The molecule has 166 valence electrons. The first-order valence-corrected chi connectivity index (χ1v) is 12.4. The third-order valence-electron chi connectivity index (χ3n) is 7.67. The molecular weight excluding hydrogens is 434 g/mol. The van der Waals surface area contributed by atoms with Gasteiger partial charge in [-0.1, -0.05) is 127 Å². The number of benzene rings is 6. The number of fused-ring (bicyclic) bond motifs is 13. The standard InChI is InChI=1S/C35H21N/c1-2-12-24(13-3-1)31-19-10-20-32-30-22-21-23-11-4-5-14-25(23)33(30)34-28-17-8-6-15-26(28)27-16-7-9-18-29(27)35(34)36(31)32/h1-9,11-19,21-22,32H. The zero-order valence-corrected chi connectivity index (χ0v) is 19.6. The molecule has 2 heterocycles. The Balaban J connectivity index is 1.61. The molecule has 0 amide bonds. The molecule has 0 radical (unpaired) electrons. The van der Waals surface area contributed by atoms with Crippen LogP contribution in [0.3, 0.4) is 0 Å². The van der Waals surface area contributed by atoms with E-state index in [1.807, 2.05) is 0 Å². The van der Waals surface area contributed by atoms with Gasteiger partial charge in [0.25, 0.3) is 0 Å². The van der Waals surface area contributed by atoms with Gasteiger partial charge >= 0.3 is 0 Å². The summed E-state index contributed by atoms with van der Waals surface area (Å²) in [5.41, 5.74) is 7.48. The third-order valence-corrected chi connectivity index (χ3v) is 7.67. The normalized spacial score (nSPS) is 15.6. The fourth-order valence-corrected chi connectivity index (χ4v) is 6.18. The molecule has 36 heavy (non-hydrogen) atoms. The van der Waals surface area contributed by atoms with E-state index >= 15 is 0 Å². The highest BCUT2D eigenvalue weighted by molar-refractivity contribution is 6.25. The lowest BCUT2D eigenvalue weighted by Crippen LogP contribution is -2.32. The molecule has 2 aliphatic heterocycles. The van der Waals surface area contributed by atoms with Gasteiger partial charge in [-0.15, -0.1) is 0 Å². The second-order valence-electron chi connectivity index (χ2n) is 9.52. The van der Waals surface area contributed by atoms with Gasteiger partial charge in [0.05, 0.1) is 11.4 Å². The van der Waals surface area contributed by atoms with Crippen molar-refractivity contribution in [3.63, 3.8) is 0 Å². The van der Waals surface area contributed by atoms with Crippen molar-refractivity contribution in [3.8, 4) is 23.0 Å². The topological polar surface area (TPSA) is 3.24 Å². The van der Waals surface area contributed by atoms with Crippen LogP contribution in [0.2, 0.25) is 0 Å². The summed E-state index contributed by atoms with van der Waals surface area (Å²) in [6.07, 6.45) is 2.09. The van der Waals surface area contributed by atoms with E-state index in [2.05, 4.69) is 138 Å². The van der Waals surface area contributed by atoms with Crippen LogP contribution >= 0.6 is 0 Å². The van der Waals surface area contributed by atoms with Crippen LogP contribution in [0.15, 0.2) is 121 Å². The SMILES string of the molecule is C1#CC2c3ccc4ccccc4c3-c3c(c4ccccc4c4ccccc34)N2C(c2ccccc2)=C1. The highest BCUT2D eigenvalue weighted by Gasteiger charge is 2.37. The molecule has 1 atom stereocenters. The van der Waals surface area contributed by atoms with Crippen molar-refractivity contribution >= 4 is 43.7 Å². The minimum Gasteiger partial charge on any atom is -0.321 e. The monoisotopic (exact) mass is 455 g/mol. The van der Waals surface area contributed by atoms with E-state index in [1.54, 1.807) is 0 Å². The van der Waals surface area contributed by atoms with Crippen molar-refractivity contribution in [2.24, 2.45) is 0 Å². The number of rotatable bonds is 1. The lowest BCUT2D eigenvalue weighted by molar-refractivity contribution is 0.875. The number of nitrogens with zero attached hydrogens (tertiary/aromatic N) is 1. The van der Waals surface area contributed by atoms with Crippen LogP contribution in [0.1, 0.15) is 17.2 Å². The molecule has 8 rings (SSSR count). The van der Waals surface area contributed by atoms with Gasteiger partial charge in [-0.25, -0.2) is 0 Å². The summed E-state index contributed by atoms with van der Waals surface area (Å²) in [5.74, 6) is 6.98. The summed E-state index contributed by atoms with van der Waals surface area (Å²) in [5, 5.41) is 7.66. The number of hydrogen-bond donors (Lipinski definition) is 0. The molecule has 0 fully saturated rings. The molecule has 1 nitrogen and oxygen atoms in total. The second kappa shape index (κ2) is 7.35. The fraction of sp³-hybridized carbons (Fsp3) is 0.0286. The van der Waals surface area contributed by atoms with E-state index in [9.17, 15) is 0 Å². The van der Waals surface area contributed by atoms with Crippen LogP contribution in [0.5, 0.6) is 0 Å². The molecule has 6 aromatic carbocycles. The van der Waals surface area contributed by atoms with Crippen molar-refractivity contribution in [2.75, 3.05) is 4.90 Å². The van der Waals surface area contributed by atoms with Crippen LogP contribution in [0, 0.1) is 11.8 Å². The van der Waals surface area contributed by atoms with E-state index in [0.29, 0.717) is 0 Å². The maximum atomic E-state index is 3.59. The molecule has 2 aliphatic rings. The first kappa shape index (κ1) is 19.5. The quantitative estimate of drug-likeness (QED) is 0.177. The van der Waals surface area contributed by atoms with Gasteiger partial charge in [0, 0.05) is 17.0 Å². The van der Waals surface area contributed by atoms with Crippen LogP contribution < -0.4 is 4.90 Å². The molecular formula is C35H21N. The first-order valence-electron chi connectivity index (χ1n) is 12.4. The van der Waals surface area contributed by atoms with E-state index in [-0.39, 0.29) is 6.04 Å². The van der Waals surface area contributed by atoms with Gasteiger partial charge in [-0.05, 0) is 43.6 Å². The lowest BCUT2D eigenvalue weighted by atomic mass is 9.79. The zero-order valence-electron chi connectivity index (χ0n) is 19.6. The lowest BCUT2D eigenvalue weighted by Gasteiger charge is -2.42. The van der Waals surface area contributed by atoms with E-state index in [0.717, 1.165) is 5.70 Å². The van der Waals surface area contributed by atoms with E-state index in [1.165, 1.54) is 60.3 Å². The molecule has 0 spiro atoms. The molecule has 0 saturated carbocycles. The molecule has 0 bridgehead atoms. The Kier molecular flexibility index (Phi) is 3.98. The van der Waals surface area contributed by atoms with Gasteiger partial charge in [0.15, 0.2) is 0 Å². The van der Waals surface area contributed by atoms with Gasteiger partial charge < -0.3 is 4.90 Å². The summed E-state index contributed by atoms with van der Waals surface area (Å²) in [4.78, 5) is 2.49. The summed E-state index contributed by atoms with van der Waals surface area (Å²) < 4.78 is 0. The smallest absolute Gasteiger partial charge is 0.122 e. The minimum atomic E-state index is -0.0538. The van der Waals surface area contributed by atoms with Crippen LogP contribution in [0.4, 0.5) is 5.69 Å². The van der Waals surface area contributed by atoms with E-state index < -0.39 is 0 Å². The Morgan fingerprint density at radius 2 is 1.17 bits per heavy atom. The predicted octanol–water partition coefficient (Wildman–Crippen LogP) is 8.73. The average molecular weight is 456 g/mol. The summed E-state index contributed by atoms with van der Waals surface area (Å²) in [7, 11) is 0. The van der Waals surface area contributed by atoms with Crippen molar-refractivity contribution < 1.29 is 0 Å². The molecule has 0 aliphatic carbocycles. The molecule has 0 saturated heterocycles. The second-order valence-corrected chi connectivity index (χ2v) is 9.52. The van der Waals surface area contributed by atoms with Crippen LogP contribution in [-0.4, -0.2) is 0 Å². The maximum absolute atomic E-state index is 3.59. The highest BCUT2D eigenvalue weighted by Crippen LogP contribution is 2.56. The Morgan fingerprint density at radius 3 is 1.97 bits per heavy atom. The Bertz CT molecular complexity index is 1950. The largest absolute Gasteiger partial charge is 0.321 e. The summed E-state index contributed by atoms with van der Waals surface area (Å²) in [6, 6.07) is 41.6. The molecule has 6 aromatic rings. The zero-order chi connectivity index (χ0) is 23.6. The number of anilines is 1. The van der Waals surface area contributed by atoms with Crippen LogP contribution in [0.25, 0.3) is 49.1 Å². The van der Waals surface area contributed by atoms with Crippen molar-refractivity contribution in [3.05, 3.63) is 132 Å². The number of allylic oxidation sites excluding steroid dienone is 1. The Labute approximate surface area is 209 Å². The molecule has 0 aromatic heterocycles. The maximum Gasteiger partial charge on any atom is 0.122 e. The molecule has 1 heteroatoms. The minimum absolute atomic E-state index is 0.0538. The highest BCUT2D eigenvalue weighted by atomic mass is 15.2. The summed E-state index contributed by atoms with van der Waals surface area (Å²) >= 11 is 0. The first-order chi connectivity index (χ1) is 17.9. The van der Waals surface area contributed by atoms with Crippen molar-refractivity contribution in [2.45, 2.75) is 6.04 Å². The van der Waals surface area contributed by atoms with Gasteiger partial charge in [-0.3, -0.25) is 0 Å². The third kappa shape index (κ3) is 2.56. The molecule has 0 N–H and O–H groups in total. The van der Waals surface area contributed by atoms with E-state index in [4.69, 9.17) is 0 Å². The summed E-state index contributed by atoms with van der Waals surface area (Å²) in [6.45, 7) is 0. The van der Waals surface area contributed by atoms with Crippen molar-refractivity contribution in [1.29, 1.82) is 0 Å². The molecule has 1 unspecified atom stereocenters. The van der Waals surface area contributed by atoms with Crippen LogP contribution in [-0.2, 0) is 0 Å². The Hall–Kier alpha value is -4.80. The fourth-order valence-electron chi connectivity index (χ4n) is 6.18.